The van der Waals surface area contributed by atoms with Crippen LogP contribution in [0, 0.1) is 5.41 Å². The van der Waals surface area contributed by atoms with Gasteiger partial charge in [0.15, 0.2) is 0 Å². The van der Waals surface area contributed by atoms with E-state index >= 15 is 0 Å². The molecule has 0 aromatic carbocycles. The second kappa shape index (κ2) is 4.98. The van der Waals surface area contributed by atoms with Gasteiger partial charge in [-0.1, -0.05) is 19.9 Å². The molecule has 0 fully saturated rings. The first kappa shape index (κ1) is 11.8. The number of nitrogens with one attached hydrogen (secondary N) is 1. The fourth-order valence-corrected chi connectivity index (χ4v) is 1.27. The predicted molar refractivity (Wildman–Crippen MR) is 62.6 cm³/mol. The van der Waals surface area contributed by atoms with Gasteiger partial charge in [0, 0.05) is 13.2 Å². The van der Waals surface area contributed by atoms with E-state index in [1.165, 1.54) is 0 Å². The number of nitrogens with zero attached hydrogens (tertiary/aromatic N) is 1. The Bertz CT molecular complexity index is 312. The van der Waals surface area contributed by atoms with E-state index in [1.807, 2.05) is 12.1 Å². The Balaban J connectivity index is 2.49. The maximum atomic E-state index is 8.88. The molecule has 4 N–H and O–H groups in total. The lowest BCUT2D eigenvalue weighted by atomic mass is 9.90. The predicted octanol–water partition coefficient (Wildman–Crippen LogP) is 1.48. The van der Waals surface area contributed by atoms with Crippen molar-refractivity contribution in [1.82, 2.24) is 4.98 Å². The maximum absolute atomic E-state index is 8.88. The van der Waals surface area contributed by atoms with Crippen molar-refractivity contribution in [1.29, 1.82) is 0 Å². The van der Waals surface area contributed by atoms with Crippen molar-refractivity contribution >= 4 is 11.6 Å². The smallest absolute Gasteiger partial charge is 0.128 e. The van der Waals surface area contributed by atoms with Crippen molar-refractivity contribution in [3.05, 3.63) is 18.2 Å². The molecule has 15 heavy (non-hydrogen) atoms. The first-order chi connectivity index (χ1) is 7.03. The molecule has 0 saturated heterocycles. The van der Waals surface area contributed by atoms with Crippen LogP contribution in [0.15, 0.2) is 18.2 Å². The molecule has 0 bridgehead atoms. The number of rotatable bonds is 5. The number of pyridine rings is 1. The van der Waals surface area contributed by atoms with Gasteiger partial charge < -0.3 is 16.2 Å². The van der Waals surface area contributed by atoms with Crippen LogP contribution in [-0.4, -0.2) is 23.2 Å². The summed E-state index contributed by atoms with van der Waals surface area (Å²) in [6.45, 7) is 5.17. The topological polar surface area (TPSA) is 71.2 Å². The van der Waals surface area contributed by atoms with Crippen LogP contribution in [0.1, 0.15) is 20.3 Å². The van der Waals surface area contributed by atoms with Gasteiger partial charge in [0.2, 0.25) is 0 Å². The van der Waals surface area contributed by atoms with Gasteiger partial charge in [-0.25, -0.2) is 4.98 Å². The minimum absolute atomic E-state index is 0.0566. The Labute approximate surface area is 90.5 Å². The standard InChI is InChI=1S/C11H19N3O/c1-11(2,6-7-15)8-13-10-5-3-4-9(12)14-10/h3-5,15H,6-8H2,1-2H3,(H3,12,13,14). The minimum atomic E-state index is 0.0566. The van der Waals surface area contributed by atoms with Crippen LogP contribution in [0.4, 0.5) is 11.6 Å². The van der Waals surface area contributed by atoms with Crippen molar-refractivity contribution in [2.45, 2.75) is 20.3 Å². The molecule has 4 heteroatoms. The van der Waals surface area contributed by atoms with Gasteiger partial charge in [-0.3, -0.25) is 0 Å². The molecule has 84 valence electrons. The lowest BCUT2D eigenvalue weighted by molar-refractivity contribution is 0.220. The Morgan fingerprint density at radius 2 is 2.20 bits per heavy atom. The molecule has 0 saturated carbocycles. The number of aliphatic hydroxyl groups excluding tert-OH is 1. The molecular formula is C11H19N3O. The third-order valence-electron chi connectivity index (χ3n) is 2.31. The summed E-state index contributed by atoms with van der Waals surface area (Å²) in [4.78, 5) is 4.14. The van der Waals surface area contributed by atoms with Crippen LogP contribution in [0.3, 0.4) is 0 Å². The number of anilines is 2. The molecule has 0 unspecified atom stereocenters. The van der Waals surface area contributed by atoms with Gasteiger partial charge in [-0.05, 0) is 24.0 Å². The van der Waals surface area contributed by atoms with Crippen LogP contribution in [0.25, 0.3) is 0 Å². The maximum Gasteiger partial charge on any atom is 0.128 e. The molecule has 0 radical (unpaired) electrons. The first-order valence-corrected chi connectivity index (χ1v) is 5.11. The normalized spacial score (nSPS) is 11.4. The monoisotopic (exact) mass is 209 g/mol. The summed E-state index contributed by atoms with van der Waals surface area (Å²) >= 11 is 0. The Morgan fingerprint density at radius 3 is 2.80 bits per heavy atom. The first-order valence-electron chi connectivity index (χ1n) is 5.11. The molecule has 1 aromatic rings. The zero-order chi connectivity index (χ0) is 11.3. The van der Waals surface area contributed by atoms with Crippen molar-refractivity contribution in [3.8, 4) is 0 Å². The summed E-state index contributed by atoms with van der Waals surface area (Å²) in [6, 6.07) is 5.50. The summed E-state index contributed by atoms with van der Waals surface area (Å²) in [5.74, 6) is 1.29. The average molecular weight is 209 g/mol. The number of hydrogen-bond donors (Lipinski definition) is 3. The van der Waals surface area contributed by atoms with Crippen molar-refractivity contribution in [2.75, 3.05) is 24.2 Å². The molecule has 1 rings (SSSR count). The second-order valence-corrected chi connectivity index (χ2v) is 4.44. The zero-order valence-electron chi connectivity index (χ0n) is 9.33. The van der Waals surface area contributed by atoms with E-state index in [4.69, 9.17) is 10.8 Å². The molecule has 0 amide bonds. The van der Waals surface area contributed by atoms with Crippen LogP contribution in [0.2, 0.25) is 0 Å². The fraction of sp³-hybridized carbons (Fsp3) is 0.545. The van der Waals surface area contributed by atoms with Crippen molar-refractivity contribution in [3.63, 3.8) is 0 Å². The van der Waals surface area contributed by atoms with Crippen LogP contribution in [0.5, 0.6) is 0 Å². The van der Waals surface area contributed by atoms with Gasteiger partial charge in [0.1, 0.15) is 11.6 Å². The highest BCUT2D eigenvalue weighted by Crippen LogP contribution is 2.20. The highest BCUT2D eigenvalue weighted by atomic mass is 16.3. The number of hydrogen-bond acceptors (Lipinski definition) is 4. The largest absolute Gasteiger partial charge is 0.396 e. The molecule has 1 heterocycles. The summed E-state index contributed by atoms with van der Waals surface area (Å²) in [5, 5.41) is 12.1. The van der Waals surface area contributed by atoms with Gasteiger partial charge >= 0.3 is 0 Å². The number of nitrogen functional groups attached to an aromatic ring is 1. The lowest BCUT2D eigenvalue weighted by Gasteiger charge is -2.24. The van der Waals surface area contributed by atoms with E-state index in [2.05, 4.69) is 24.1 Å². The Hall–Kier alpha value is -1.29. The van der Waals surface area contributed by atoms with Crippen molar-refractivity contribution < 1.29 is 5.11 Å². The van der Waals surface area contributed by atoms with E-state index in [9.17, 15) is 0 Å². The molecule has 0 aliphatic carbocycles. The van der Waals surface area contributed by atoms with Crippen LogP contribution >= 0.6 is 0 Å². The van der Waals surface area contributed by atoms with Gasteiger partial charge in [-0.2, -0.15) is 0 Å². The molecular weight excluding hydrogens is 190 g/mol. The second-order valence-electron chi connectivity index (χ2n) is 4.44. The van der Waals surface area contributed by atoms with Gasteiger partial charge in [-0.15, -0.1) is 0 Å². The summed E-state index contributed by atoms with van der Waals surface area (Å²) in [5.41, 5.74) is 5.62. The zero-order valence-corrected chi connectivity index (χ0v) is 9.33. The highest BCUT2D eigenvalue weighted by molar-refractivity contribution is 5.42. The van der Waals surface area contributed by atoms with Gasteiger partial charge in [0.05, 0.1) is 0 Å². The van der Waals surface area contributed by atoms with E-state index in [0.717, 1.165) is 18.8 Å². The van der Waals surface area contributed by atoms with Gasteiger partial charge in [0.25, 0.3) is 0 Å². The quantitative estimate of drug-likeness (QED) is 0.687. The number of aliphatic hydroxyl groups is 1. The van der Waals surface area contributed by atoms with E-state index in [1.54, 1.807) is 6.07 Å². The molecule has 0 aliphatic heterocycles. The summed E-state index contributed by atoms with van der Waals surface area (Å²) < 4.78 is 0. The third-order valence-corrected chi connectivity index (χ3v) is 2.31. The number of aromatic nitrogens is 1. The summed E-state index contributed by atoms with van der Waals surface area (Å²) in [6.07, 6.45) is 0.766. The highest BCUT2D eigenvalue weighted by Gasteiger charge is 2.16. The average Bonchev–Trinajstić information content (AvgIpc) is 2.15. The van der Waals surface area contributed by atoms with E-state index in [-0.39, 0.29) is 12.0 Å². The number of nitrogens with two attached hydrogens (primary N) is 1. The third kappa shape index (κ3) is 4.16. The molecule has 4 nitrogen and oxygen atoms in total. The Morgan fingerprint density at radius 1 is 1.47 bits per heavy atom. The molecule has 0 atom stereocenters. The summed E-state index contributed by atoms with van der Waals surface area (Å²) in [7, 11) is 0. The van der Waals surface area contributed by atoms with Crippen molar-refractivity contribution in [2.24, 2.45) is 5.41 Å². The lowest BCUT2D eigenvalue weighted by Crippen LogP contribution is -2.24. The van der Waals surface area contributed by atoms with Crippen LogP contribution < -0.4 is 11.1 Å². The molecule has 0 aliphatic rings. The molecule has 1 aromatic heterocycles. The Kier molecular flexibility index (Phi) is 3.91. The van der Waals surface area contributed by atoms with E-state index in [0.29, 0.717) is 5.82 Å². The molecule has 0 spiro atoms. The van der Waals surface area contributed by atoms with Crippen LogP contribution in [-0.2, 0) is 0 Å². The minimum Gasteiger partial charge on any atom is -0.396 e. The SMILES string of the molecule is CC(C)(CCO)CNc1cccc(N)n1. The fourth-order valence-electron chi connectivity index (χ4n) is 1.27. The van der Waals surface area contributed by atoms with E-state index < -0.39 is 0 Å².